The number of nitrogens with zero attached hydrogens (tertiary/aromatic N) is 1. The average molecular weight is 426 g/mol. The number of rotatable bonds is 7. The first-order chi connectivity index (χ1) is 14.8. The van der Waals surface area contributed by atoms with Crippen LogP contribution in [0.15, 0.2) is 79.1 Å². The van der Waals surface area contributed by atoms with Crippen molar-refractivity contribution in [3.05, 3.63) is 101 Å². The Morgan fingerprint density at radius 3 is 2.42 bits per heavy atom. The van der Waals surface area contributed by atoms with Gasteiger partial charge in [-0.3, -0.25) is 9.78 Å². The van der Waals surface area contributed by atoms with Crippen molar-refractivity contribution in [2.45, 2.75) is 25.7 Å². The Hall–Kier alpha value is -3.61. The van der Waals surface area contributed by atoms with E-state index >= 15 is 0 Å². The molecular weight excluding hydrogens is 405 g/mol. The third kappa shape index (κ3) is 6.70. The van der Waals surface area contributed by atoms with Crippen LogP contribution in [-0.2, 0) is 17.6 Å². The number of benzene rings is 2. The van der Waals surface area contributed by atoms with Crippen LogP contribution in [0, 0.1) is 0 Å². The number of halogens is 3. The number of alkyl halides is 3. The lowest BCUT2D eigenvalue weighted by molar-refractivity contribution is -0.137. The maximum absolute atomic E-state index is 12.6. The fraction of sp³-hybridized carbons (Fsp3) is 0.167. The molecule has 1 atom stereocenters. The van der Waals surface area contributed by atoms with Crippen LogP contribution >= 0.6 is 0 Å². The second kappa shape index (κ2) is 9.93. The third-order valence-corrected chi connectivity index (χ3v) is 4.53. The second-order valence-electron chi connectivity index (χ2n) is 6.90. The molecule has 0 saturated carbocycles. The maximum atomic E-state index is 12.6. The van der Waals surface area contributed by atoms with Crippen molar-refractivity contribution in [2.24, 2.45) is 0 Å². The quantitative estimate of drug-likeness (QED) is 0.503. The Bertz CT molecular complexity index is 1020. The van der Waals surface area contributed by atoms with Gasteiger partial charge in [0.25, 0.3) is 0 Å². The summed E-state index contributed by atoms with van der Waals surface area (Å²) < 4.78 is 43.5. The highest BCUT2D eigenvalue weighted by molar-refractivity contribution is 5.91. The van der Waals surface area contributed by atoms with Crippen LogP contribution in [0.3, 0.4) is 0 Å². The highest BCUT2D eigenvalue weighted by atomic mass is 19.4. The molecule has 2 aromatic carbocycles. The molecule has 0 saturated heterocycles. The summed E-state index contributed by atoms with van der Waals surface area (Å²) >= 11 is 0. The first-order valence-electron chi connectivity index (χ1n) is 9.59. The molecule has 0 spiro atoms. The van der Waals surface area contributed by atoms with Gasteiger partial charge in [-0.1, -0.05) is 30.3 Å². The van der Waals surface area contributed by atoms with Crippen LogP contribution < -0.4 is 10.1 Å². The summed E-state index contributed by atoms with van der Waals surface area (Å²) in [5.41, 5.74) is 1.64. The van der Waals surface area contributed by atoms with Crippen LogP contribution in [0.2, 0.25) is 0 Å². The smallest absolute Gasteiger partial charge is 0.416 e. The molecule has 0 bridgehead atoms. The zero-order chi connectivity index (χ0) is 22.3. The monoisotopic (exact) mass is 426 g/mol. The zero-order valence-electron chi connectivity index (χ0n) is 16.8. The normalized spacial score (nSPS) is 12.5. The number of carbonyl (C=O) groups excluding carboxylic acids is 1. The number of pyridine rings is 1. The van der Waals surface area contributed by atoms with E-state index in [1.807, 2.05) is 43.3 Å². The number of hydrogen-bond acceptors (Lipinski definition) is 3. The Labute approximate surface area is 178 Å². The number of nitrogens with one attached hydrogen (secondary N) is 1. The van der Waals surface area contributed by atoms with Gasteiger partial charge in [-0.15, -0.1) is 0 Å². The Balaban J connectivity index is 1.51. The fourth-order valence-electron chi connectivity index (χ4n) is 2.80. The van der Waals surface area contributed by atoms with E-state index in [0.29, 0.717) is 17.9 Å². The molecule has 31 heavy (non-hydrogen) atoms. The molecular formula is C24H21F3N2O2. The number of ether oxygens (including phenoxy) is 1. The average Bonchev–Trinajstić information content (AvgIpc) is 2.77. The van der Waals surface area contributed by atoms with Crippen molar-refractivity contribution >= 4 is 12.0 Å². The predicted octanol–water partition coefficient (Wildman–Crippen LogP) is 5.57. The van der Waals surface area contributed by atoms with E-state index in [2.05, 4.69) is 10.3 Å². The van der Waals surface area contributed by atoms with Crippen molar-refractivity contribution in [1.29, 1.82) is 0 Å². The molecule has 0 aliphatic rings. The van der Waals surface area contributed by atoms with E-state index in [-0.39, 0.29) is 11.9 Å². The minimum atomic E-state index is -4.38. The topological polar surface area (TPSA) is 51.2 Å². The third-order valence-electron chi connectivity index (χ3n) is 4.53. The summed E-state index contributed by atoms with van der Waals surface area (Å²) in [4.78, 5) is 16.2. The first kappa shape index (κ1) is 22.1. The van der Waals surface area contributed by atoms with E-state index in [1.165, 1.54) is 24.3 Å². The van der Waals surface area contributed by atoms with Crippen molar-refractivity contribution < 1.29 is 22.7 Å². The largest absolute Gasteiger partial charge is 0.489 e. The number of amides is 1. The maximum Gasteiger partial charge on any atom is 0.416 e. The fourth-order valence-corrected chi connectivity index (χ4v) is 2.80. The predicted molar refractivity (Wildman–Crippen MR) is 112 cm³/mol. The van der Waals surface area contributed by atoms with Gasteiger partial charge >= 0.3 is 6.18 Å². The minimum absolute atomic E-state index is 0.253. The van der Waals surface area contributed by atoms with Crippen molar-refractivity contribution in [1.82, 2.24) is 10.3 Å². The van der Waals surface area contributed by atoms with Gasteiger partial charge in [0.15, 0.2) is 0 Å². The number of hydrogen-bond donors (Lipinski definition) is 1. The molecule has 1 heterocycles. The molecule has 0 aliphatic carbocycles. The van der Waals surface area contributed by atoms with Gasteiger partial charge in [-0.25, -0.2) is 0 Å². The molecule has 1 N–H and O–H groups in total. The summed E-state index contributed by atoms with van der Waals surface area (Å²) in [6, 6.07) is 15.5. The van der Waals surface area contributed by atoms with E-state index in [0.717, 1.165) is 23.3 Å². The molecule has 160 valence electrons. The first-order valence-corrected chi connectivity index (χ1v) is 9.59. The lowest BCUT2D eigenvalue weighted by atomic mass is 10.1. The van der Waals surface area contributed by atoms with E-state index < -0.39 is 11.7 Å². The number of aromatic nitrogens is 1. The Morgan fingerprint density at radius 1 is 1.10 bits per heavy atom. The molecule has 0 radical (unpaired) electrons. The lowest BCUT2D eigenvalue weighted by Gasteiger charge is -2.14. The highest BCUT2D eigenvalue weighted by Gasteiger charge is 2.29. The summed E-state index contributed by atoms with van der Waals surface area (Å²) in [5.74, 6) is 0.359. The molecule has 3 rings (SSSR count). The Kier molecular flexibility index (Phi) is 7.07. The standard InChI is InChI=1S/C24H21F3N2O2/c1-17(20-7-11-22(12-8-20)31-16-19-3-2-14-28-15-19)29-23(30)13-6-18-4-9-21(10-5-18)24(25,26)27/h2-15,17H,16H2,1H3,(H,29,30)/b13-6+. The zero-order valence-corrected chi connectivity index (χ0v) is 16.8. The van der Waals surface area contributed by atoms with Gasteiger partial charge in [0.1, 0.15) is 12.4 Å². The van der Waals surface area contributed by atoms with Crippen molar-refractivity contribution in [3.63, 3.8) is 0 Å². The van der Waals surface area contributed by atoms with Crippen LogP contribution in [0.4, 0.5) is 13.2 Å². The van der Waals surface area contributed by atoms with Crippen molar-refractivity contribution in [2.75, 3.05) is 0 Å². The molecule has 7 heteroatoms. The molecule has 0 aliphatic heterocycles. The van der Waals surface area contributed by atoms with Crippen LogP contribution in [0.1, 0.15) is 35.2 Å². The van der Waals surface area contributed by atoms with Gasteiger partial charge in [0, 0.05) is 24.0 Å². The second-order valence-corrected chi connectivity index (χ2v) is 6.90. The Morgan fingerprint density at radius 2 is 1.81 bits per heavy atom. The van der Waals surface area contributed by atoms with E-state index in [1.54, 1.807) is 12.4 Å². The van der Waals surface area contributed by atoms with Crippen LogP contribution in [-0.4, -0.2) is 10.9 Å². The molecule has 0 fully saturated rings. The van der Waals surface area contributed by atoms with E-state index in [9.17, 15) is 18.0 Å². The summed E-state index contributed by atoms with van der Waals surface area (Å²) in [6.45, 7) is 2.25. The number of carbonyl (C=O) groups is 1. The SMILES string of the molecule is CC(NC(=O)/C=C/c1ccc(C(F)(F)F)cc1)c1ccc(OCc2cccnc2)cc1. The molecule has 1 aromatic heterocycles. The van der Waals surface area contributed by atoms with Gasteiger partial charge in [0.05, 0.1) is 11.6 Å². The summed E-state index contributed by atoms with van der Waals surface area (Å²) in [6.07, 6.45) is 1.83. The molecule has 4 nitrogen and oxygen atoms in total. The lowest BCUT2D eigenvalue weighted by Crippen LogP contribution is -2.24. The molecule has 1 unspecified atom stereocenters. The van der Waals surface area contributed by atoms with Crippen LogP contribution in [0.25, 0.3) is 6.08 Å². The summed E-state index contributed by atoms with van der Waals surface area (Å²) in [5, 5.41) is 2.82. The van der Waals surface area contributed by atoms with Gasteiger partial charge in [-0.05, 0) is 54.5 Å². The molecule has 3 aromatic rings. The highest BCUT2D eigenvalue weighted by Crippen LogP contribution is 2.29. The van der Waals surface area contributed by atoms with Gasteiger partial charge < -0.3 is 10.1 Å². The van der Waals surface area contributed by atoms with Gasteiger partial charge in [-0.2, -0.15) is 13.2 Å². The van der Waals surface area contributed by atoms with Gasteiger partial charge in [0.2, 0.25) is 5.91 Å². The van der Waals surface area contributed by atoms with Crippen LogP contribution in [0.5, 0.6) is 5.75 Å². The van der Waals surface area contributed by atoms with Crippen molar-refractivity contribution in [3.8, 4) is 5.75 Å². The summed E-state index contributed by atoms with van der Waals surface area (Å²) in [7, 11) is 0. The minimum Gasteiger partial charge on any atom is -0.489 e. The molecule has 1 amide bonds. The van der Waals surface area contributed by atoms with E-state index in [4.69, 9.17) is 4.74 Å².